The maximum Gasteiger partial charge on any atom is 0.290 e. The second kappa shape index (κ2) is 14.8. The Kier molecular flexibility index (Phi) is 10.6. The third-order valence-corrected chi connectivity index (χ3v) is 16.2. The quantitative estimate of drug-likeness (QED) is 0.0981. The molecule has 2 N–H and O–H groups in total. The summed E-state index contributed by atoms with van der Waals surface area (Å²) in [6.07, 6.45) is 17.4. The van der Waals surface area contributed by atoms with Crippen LogP contribution < -0.4 is 0 Å². The minimum Gasteiger partial charge on any atom is -0.340 e. The Hall–Kier alpha value is -3.59. The lowest BCUT2D eigenvalue weighted by Gasteiger charge is -2.36. The van der Waals surface area contributed by atoms with Crippen LogP contribution in [0.25, 0.3) is 33.6 Å². The number of H-pyrrole nitrogens is 2. The number of likely N-dealkylation sites (tertiary alicyclic amines) is 2. The van der Waals surface area contributed by atoms with E-state index >= 15 is 0 Å². The van der Waals surface area contributed by atoms with E-state index in [1.54, 1.807) is 0 Å². The second-order valence-electron chi connectivity index (χ2n) is 15.7. The Balaban J connectivity index is 1.09. The number of imidazole rings is 2. The first-order chi connectivity index (χ1) is 25.7. The molecule has 284 valence electrons. The fourth-order valence-electron chi connectivity index (χ4n) is 9.11. The average Bonchev–Trinajstić information content (AvgIpc) is 3.96. The smallest absolute Gasteiger partial charge is 0.290 e. The molecule has 2 saturated heterocycles. The first-order valence-electron chi connectivity index (χ1n) is 18.8. The SMILES string of the molecule is C=[P+](C)C(C(=O)N1CCCC1(S)c1ncc(-c2ccc3c(c2)Cc2cc(-c4cnc(C5CCCN5C(=O)C(CC)(N(C)C)[P+](=C)C)[nH]4)ccc2-3)[nH]1)N(C)C. The fourth-order valence-corrected chi connectivity index (χ4v) is 12.6. The van der Waals surface area contributed by atoms with E-state index in [4.69, 9.17) is 22.6 Å². The number of hydrogen-bond donors (Lipinski definition) is 3. The van der Waals surface area contributed by atoms with Gasteiger partial charge in [0.15, 0.2) is 0 Å². The van der Waals surface area contributed by atoms with Crippen LogP contribution in [-0.4, -0.2) is 130 Å². The largest absolute Gasteiger partial charge is 0.340 e. The molecule has 13 heteroatoms. The van der Waals surface area contributed by atoms with Crippen molar-refractivity contribution in [2.75, 3.05) is 54.6 Å². The van der Waals surface area contributed by atoms with Gasteiger partial charge in [0.2, 0.25) is 5.78 Å². The van der Waals surface area contributed by atoms with Gasteiger partial charge in [0.1, 0.15) is 31.6 Å². The lowest BCUT2D eigenvalue weighted by Crippen LogP contribution is -2.54. The Morgan fingerprint density at radius 2 is 1.61 bits per heavy atom. The van der Waals surface area contributed by atoms with Crippen LogP contribution in [0.1, 0.15) is 67.8 Å². The fraction of sp³-hybridized carbons (Fsp3) is 0.463. The summed E-state index contributed by atoms with van der Waals surface area (Å²) in [5.74, 6) is 1.51. The molecule has 54 heavy (non-hydrogen) atoms. The summed E-state index contributed by atoms with van der Waals surface area (Å²) >= 11 is 5.12. The maximum atomic E-state index is 14.2. The molecule has 2 aromatic carbocycles. The molecule has 6 atom stereocenters. The van der Waals surface area contributed by atoms with Gasteiger partial charge in [0, 0.05) is 19.5 Å². The molecule has 0 radical (unpaired) electrons. The molecule has 0 spiro atoms. The van der Waals surface area contributed by atoms with Gasteiger partial charge in [-0.15, -0.1) is 12.6 Å². The first-order valence-corrected chi connectivity index (χ1v) is 23.3. The predicted molar refractivity (Wildman–Crippen MR) is 229 cm³/mol. The number of rotatable bonds is 11. The molecular formula is C41H54N8O2P2S+2. The summed E-state index contributed by atoms with van der Waals surface area (Å²) in [6, 6.07) is 13.2. The van der Waals surface area contributed by atoms with Crippen LogP contribution in [0.5, 0.6) is 0 Å². The number of amides is 2. The van der Waals surface area contributed by atoms with Gasteiger partial charge in [0.25, 0.3) is 17.1 Å². The molecule has 10 nitrogen and oxygen atoms in total. The maximum absolute atomic E-state index is 14.2. The van der Waals surface area contributed by atoms with E-state index in [2.05, 4.69) is 77.5 Å². The number of benzene rings is 2. The predicted octanol–water partition coefficient (Wildman–Crippen LogP) is 7.05. The number of thiol groups is 1. The van der Waals surface area contributed by atoms with Crippen LogP contribution >= 0.6 is 27.7 Å². The normalized spacial score (nSPS) is 21.7. The molecule has 2 amide bonds. The molecule has 4 heterocycles. The third kappa shape index (κ3) is 6.40. The van der Waals surface area contributed by atoms with Gasteiger partial charge in [-0.1, -0.05) is 31.2 Å². The van der Waals surface area contributed by atoms with E-state index in [9.17, 15) is 9.59 Å². The lowest BCUT2D eigenvalue weighted by molar-refractivity contribution is -0.139. The zero-order chi connectivity index (χ0) is 38.7. The van der Waals surface area contributed by atoms with Crippen molar-refractivity contribution in [2.45, 2.75) is 67.4 Å². The molecule has 1 aliphatic carbocycles. The molecule has 0 bridgehead atoms. The molecule has 3 aliphatic rings. The van der Waals surface area contributed by atoms with Crippen molar-refractivity contribution < 1.29 is 9.59 Å². The lowest BCUT2D eigenvalue weighted by atomic mass is 10.0. The Bertz CT molecular complexity index is 2140. The summed E-state index contributed by atoms with van der Waals surface area (Å²) in [4.78, 5) is 51.9. The number of likely N-dealkylation sites (N-methyl/N-ethyl adjacent to an activating group) is 2. The molecule has 7 rings (SSSR count). The van der Waals surface area contributed by atoms with E-state index in [0.29, 0.717) is 12.4 Å². The number of aromatic amines is 2. The highest BCUT2D eigenvalue weighted by molar-refractivity contribution is 7.81. The highest BCUT2D eigenvalue weighted by Crippen LogP contribution is 2.46. The first kappa shape index (κ1) is 38.7. The highest BCUT2D eigenvalue weighted by atomic mass is 32.1. The van der Waals surface area contributed by atoms with E-state index in [1.165, 1.54) is 22.3 Å². The molecule has 0 saturated carbocycles. The van der Waals surface area contributed by atoms with Crippen LogP contribution in [0.4, 0.5) is 0 Å². The van der Waals surface area contributed by atoms with E-state index in [1.807, 2.05) is 61.9 Å². The second-order valence-corrected chi connectivity index (χ2v) is 20.6. The average molecular weight is 785 g/mol. The number of nitrogens with zero attached hydrogens (tertiary/aromatic N) is 6. The van der Waals surface area contributed by atoms with Crippen LogP contribution in [0.3, 0.4) is 0 Å². The van der Waals surface area contributed by atoms with Gasteiger partial charge >= 0.3 is 0 Å². The number of carbonyl (C=O) groups is 2. The molecular weight excluding hydrogens is 731 g/mol. The molecule has 2 fully saturated rings. The van der Waals surface area contributed by atoms with Crippen LogP contribution in [-0.2, 0) is 20.9 Å². The van der Waals surface area contributed by atoms with Crippen molar-refractivity contribution in [3.8, 4) is 33.6 Å². The number of carbonyl (C=O) groups excluding carboxylic acids is 2. The number of nitrogens with one attached hydrogen (secondary N) is 2. The monoisotopic (exact) mass is 784 g/mol. The molecule has 2 aliphatic heterocycles. The standard InChI is InChI=1S/C41H53N8O2P2S/c1-10-40(47(4)5,53(8)9)39(51)48-19-11-13-34(48)35-42-24-32(44-35)26-14-16-30-28(21-26)23-29-22-27(15-17-31(29)30)33-25-43-38(45-33)41(54)18-12-20-49(41)36(50)37(46(2)3)52(6)7/h14-17,21-22,24-25,34,37H,6,8,10-13,18-20,23H2,1-5,7,9H3,(H2-,42,43,44,45,54)/q+1/p+1. The Morgan fingerprint density at radius 3 is 2.19 bits per heavy atom. The zero-order valence-corrected chi connectivity index (χ0v) is 35.4. The number of hydrogen-bond acceptors (Lipinski definition) is 7. The topological polar surface area (TPSA) is 104 Å². The minimum absolute atomic E-state index is 0.0637. The zero-order valence-electron chi connectivity index (χ0n) is 32.7. The van der Waals surface area contributed by atoms with Crippen molar-refractivity contribution in [2.24, 2.45) is 0 Å². The number of fused-ring (bicyclic) bond motifs is 3. The molecule has 6 unspecified atom stereocenters. The van der Waals surface area contributed by atoms with Crippen molar-refractivity contribution >= 4 is 52.1 Å². The van der Waals surface area contributed by atoms with Crippen molar-refractivity contribution in [3.63, 3.8) is 0 Å². The van der Waals surface area contributed by atoms with E-state index in [-0.39, 0.29) is 23.6 Å². The van der Waals surface area contributed by atoms with Gasteiger partial charge in [-0.05, 0) is 106 Å². The summed E-state index contributed by atoms with van der Waals surface area (Å²) in [5, 5.41) is -0.587. The Labute approximate surface area is 327 Å². The van der Waals surface area contributed by atoms with E-state index < -0.39 is 25.2 Å². The van der Waals surface area contributed by atoms with Crippen LogP contribution in [0.2, 0.25) is 0 Å². The summed E-state index contributed by atoms with van der Waals surface area (Å²) in [7, 11) is 6.35. The summed E-state index contributed by atoms with van der Waals surface area (Å²) in [5.41, 5.74) is 9.03. The van der Waals surface area contributed by atoms with Gasteiger partial charge in [-0.2, -0.15) is 0 Å². The summed E-state index contributed by atoms with van der Waals surface area (Å²) in [6.45, 7) is 7.63. The van der Waals surface area contributed by atoms with Gasteiger partial charge in [-0.25, -0.2) is 9.97 Å². The van der Waals surface area contributed by atoms with Gasteiger partial charge < -0.3 is 19.8 Å². The van der Waals surface area contributed by atoms with Crippen LogP contribution in [0, 0.1) is 0 Å². The van der Waals surface area contributed by atoms with Gasteiger partial charge in [0.05, 0.1) is 55.8 Å². The van der Waals surface area contributed by atoms with Gasteiger partial charge in [-0.3, -0.25) is 19.4 Å². The molecule has 2 aromatic heterocycles. The van der Waals surface area contributed by atoms with E-state index in [0.717, 1.165) is 73.4 Å². The minimum atomic E-state index is -0.797. The third-order valence-electron chi connectivity index (χ3n) is 11.8. The van der Waals surface area contributed by atoms with Crippen molar-refractivity contribution in [1.82, 2.24) is 39.5 Å². The number of aromatic nitrogens is 4. The van der Waals surface area contributed by atoms with Crippen molar-refractivity contribution in [1.29, 1.82) is 0 Å². The highest BCUT2D eigenvalue weighted by Gasteiger charge is 2.53. The summed E-state index contributed by atoms with van der Waals surface area (Å²) < 4.78 is 0. The Morgan fingerprint density at radius 1 is 0.981 bits per heavy atom. The van der Waals surface area contributed by atoms with Crippen molar-refractivity contribution in [3.05, 3.63) is 71.6 Å². The molecule has 4 aromatic rings. The van der Waals surface area contributed by atoms with Crippen LogP contribution in [0.15, 0.2) is 48.8 Å².